The van der Waals surface area contributed by atoms with E-state index in [-0.39, 0.29) is 0 Å². The number of aliphatic hydroxyl groups is 2. The van der Waals surface area contributed by atoms with E-state index >= 15 is 0 Å². The molecule has 2 aliphatic rings. The Morgan fingerprint density at radius 3 is 2.76 bits per heavy atom. The average molecular weight is 245 g/mol. The van der Waals surface area contributed by atoms with Gasteiger partial charge in [-0.15, -0.1) is 0 Å². The summed E-state index contributed by atoms with van der Waals surface area (Å²) in [6.45, 7) is 2.96. The maximum atomic E-state index is 9.57. The van der Waals surface area contributed by atoms with Gasteiger partial charge < -0.3 is 24.4 Å². The summed E-state index contributed by atoms with van der Waals surface area (Å²) in [5.41, 5.74) is 8.51. The van der Waals surface area contributed by atoms with Crippen molar-refractivity contribution in [3.8, 4) is 0 Å². The van der Waals surface area contributed by atoms with E-state index in [2.05, 4.69) is 10.0 Å². The fourth-order valence-electron chi connectivity index (χ4n) is 2.13. The molecule has 2 rings (SSSR count). The summed E-state index contributed by atoms with van der Waals surface area (Å²) in [6.07, 6.45) is -3.20. The Hall–Kier alpha value is -0.890. The Morgan fingerprint density at radius 2 is 2.18 bits per heavy atom. The van der Waals surface area contributed by atoms with Crippen LogP contribution in [0.5, 0.6) is 0 Å². The molecule has 8 nitrogen and oxygen atoms in total. The van der Waals surface area contributed by atoms with Crippen molar-refractivity contribution >= 4 is 0 Å². The molecule has 0 radical (unpaired) electrons. The highest BCUT2D eigenvalue weighted by Crippen LogP contribution is 2.39. The molecule has 0 aliphatic carbocycles. The van der Waals surface area contributed by atoms with Crippen LogP contribution < -0.4 is 0 Å². The van der Waals surface area contributed by atoms with Crippen molar-refractivity contribution in [2.75, 3.05) is 6.61 Å². The van der Waals surface area contributed by atoms with Crippen LogP contribution in [-0.4, -0.2) is 53.3 Å². The van der Waals surface area contributed by atoms with Gasteiger partial charge in [0.25, 0.3) is 0 Å². The molecule has 96 valence electrons. The molecule has 2 aliphatic heterocycles. The zero-order valence-electron chi connectivity index (χ0n) is 9.55. The van der Waals surface area contributed by atoms with E-state index < -0.39 is 43.0 Å². The van der Waals surface area contributed by atoms with Gasteiger partial charge >= 0.3 is 0 Å². The Balaban J connectivity index is 2.18. The second-order valence-corrected chi connectivity index (χ2v) is 4.51. The second kappa shape index (κ2) is 4.41. The van der Waals surface area contributed by atoms with Crippen LogP contribution in [0.2, 0.25) is 0 Å². The van der Waals surface area contributed by atoms with Gasteiger partial charge in [0.2, 0.25) is 0 Å². The van der Waals surface area contributed by atoms with E-state index in [1.165, 1.54) is 0 Å². The van der Waals surface area contributed by atoms with E-state index in [4.69, 9.17) is 24.8 Å². The molecule has 5 atom stereocenters. The number of aliphatic hydroxyl groups excluding tert-OH is 2. The van der Waals surface area contributed by atoms with E-state index in [0.717, 1.165) is 0 Å². The molecule has 2 N–H and O–H groups in total. The van der Waals surface area contributed by atoms with Crippen molar-refractivity contribution in [2.45, 2.75) is 50.3 Å². The molecule has 2 fully saturated rings. The summed E-state index contributed by atoms with van der Waals surface area (Å²) in [5, 5.41) is 22.0. The van der Waals surface area contributed by atoms with E-state index in [1.54, 1.807) is 13.8 Å². The minimum Gasteiger partial charge on any atom is -0.394 e. The molecule has 0 spiro atoms. The van der Waals surface area contributed by atoms with Crippen LogP contribution in [0.15, 0.2) is 5.11 Å². The number of ether oxygens (including phenoxy) is 3. The largest absolute Gasteiger partial charge is 0.394 e. The van der Waals surface area contributed by atoms with Crippen LogP contribution in [0.3, 0.4) is 0 Å². The van der Waals surface area contributed by atoms with Crippen LogP contribution in [0.25, 0.3) is 10.4 Å². The van der Waals surface area contributed by atoms with Crippen LogP contribution >= 0.6 is 0 Å². The van der Waals surface area contributed by atoms with Gasteiger partial charge in [0.15, 0.2) is 12.1 Å². The van der Waals surface area contributed by atoms with Gasteiger partial charge in [-0.3, -0.25) is 0 Å². The number of nitrogens with zero attached hydrogens (tertiary/aromatic N) is 3. The lowest BCUT2D eigenvalue weighted by Gasteiger charge is -2.25. The topological polar surface area (TPSA) is 117 Å². The van der Waals surface area contributed by atoms with Crippen molar-refractivity contribution in [3.05, 3.63) is 10.4 Å². The predicted octanol–water partition coefficient (Wildman–Crippen LogP) is -0.105. The molecule has 0 amide bonds. The molecular weight excluding hydrogens is 230 g/mol. The summed E-state index contributed by atoms with van der Waals surface area (Å²) in [4.78, 5) is 2.71. The molecule has 0 aromatic carbocycles. The summed E-state index contributed by atoms with van der Waals surface area (Å²) < 4.78 is 16.4. The van der Waals surface area contributed by atoms with Crippen molar-refractivity contribution in [1.29, 1.82) is 0 Å². The van der Waals surface area contributed by atoms with Gasteiger partial charge in [-0.1, -0.05) is 5.11 Å². The highest BCUT2D eigenvalue weighted by atomic mass is 16.8. The number of azide groups is 1. The first kappa shape index (κ1) is 12.6. The first-order chi connectivity index (χ1) is 7.98. The summed E-state index contributed by atoms with van der Waals surface area (Å²) in [7, 11) is 0. The lowest BCUT2D eigenvalue weighted by Crippen LogP contribution is -2.41. The van der Waals surface area contributed by atoms with E-state index in [1.807, 2.05) is 0 Å². The molecule has 2 saturated heterocycles. The third-order valence-electron chi connectivity index (χ3n) is 2.80. The normalized spacial score (nSPS) is 40.7. The van der Waals surface area contributed by atoms with Crippen LogP contribution in [-0.2, 0) is 14.2 Å². The zero-order chi connectivity index (χ0) is 12.6. The second-order valence-electron chi connectivity index (χ2n) is 4.51. The third kappa shape index (κ3) is 2.23. The smallest absolute Gasteiger partial charge is 0.188 e. The van der Waals surface area contributed by atoms with Gasteiger partial charge in [0, 0.05) is 4.91 Å². The SMILES string of the molecule is CC1(C)O[C@@H]2O[C@H]([C@H](O)CO)[C@@H](N=[N+]=[N-])[C@@H]2O1. The van der Waals surface area contributed by atoms with Crippen LogP contribution in [0.1, 0.15) is 13.8 Å². The fraction of sp³-hybridized carbons (Fsp3) is 1.00. The van der Waals surface area contributed by atoms with E-state index in [0.29, 0.717) is 0 Å². The number of rotatable bonds is 3. The van der Waals surface area contributed by atoms with Gasteiger partial charge in [0.1, 0.15) is 18.3 Å². The van der Waals surface area contributed by atoms with Crippen molar-refractivity contribution in [2.24, 2.45) is 5.11 Å². The summed E-state index contributed by atoms with van der Waals surface area (Å²) in [6, 6.07) is -0.714. The molecule has 0 unspecified atom stereocenters. The highest BCUT2D eigenvalue weighted by molar-refractivity contribution is 5.00. The molecule has 17 heavy (non-hydrogen) atoms. The first-order valence-corrected chi connectivity index (χ1v) is 5.33. The maximum Gasteiger partial charge on any atom is 0.188 e. The molecule has 0 bridgehead atoms. The van der Waals surface area contributed by atoms with Gasteiger partial charge in [-0.05, 0) is 19.4 Å². The van der Waals surface area contributed by atoms with E-state index in [9.17, 15) is 5.11 Å². The molecule has 0 aromatic heterocycles. The van der Waals surface area contributed by atoms with Crippen LogP contribution in [0, 0.1) is 0 Å². The summed E-state index contributed by atoms with van der Waals surface area (Å²) in [5.74, 6) is -0.812. The number of fused-ring (bicyclic) bond motifs is 1. The maximum absolute atomic E-state index is 9.57. The Bertz CT molecular complexity index is 344. The highest BCUT2D eigenvalue weighted by Gasteiger charge is 2.55. The molecule has 2 heterocycles. The van der Waals surface area contributed by atoms with Gasteiger partial charge in [-0.2, -0.15) is 0 Å². The molecule has 0 saturated carbocycles. The molecule has 0 aromatic rings. The quantitative estimate of drug-likeness (QED) is 0.409. The Labute approximate surface area is 97.7 Å². The zero-order valence-corrected chi connectivity index (χ0v) is 9.55. The van der Waals surface area contributed by atoms with Crippen molar-refractivity contribution < 1.29 is 24.4 Å². The van der Waals surface area contributed by atoms with Gasteiger partial charge in [0.05, 0.1) is 12.6 Å². The number of hydrogen-bond donors (Lipinski definition) is 2. The lowest BCUT2D eigenvalue weighted by molar-refractivity contribution is -0.217. The molecule has 8 heteroatoms. The Kier molecular flexibility index (Phi) is 3.26. The third-order valence-corrected chi connectivity index (χ3v) is 2.80. The van der Waals surface area contributed by atoms with Gasteiger partial charge in [-0.25, -0.2) is 0 Å². The van der Waals surface area contributed by atoms with Crippen molar-refractivity contribution in [1.82, 2.24) is 0 Å². The first-order valence-electron chi connectivity index (χ1n) is 5.33. The summed E-state index contributed by atoms with van der Waals surface area (Å²) >= 11 is 0. The predicted molar refractivity (Wildman–Crippen MR) is 54.7 cm³/mol. The van der Waals surface area contributed by atoms with Crippen molar-refractivity contribution in [3.63, 3.8) is 0 Å². The standard InChI is InChI=1S/C9H15N3O5/c1-9(2)16-7-5(11-12-10)6(4(14)3-13)15-8(7)17-9/h4-8,13-14H,3H2,1-2H3/t4-,5-,6-,7+,8+/m1/s1. The average Bonchev–Trinajstić information content (AvgIpc) is 2.72. The monoisotopic (exact) mass is 245 g/mol. The number of hydrogen-bond acceptors (Lipinski definition) is 6. The minimum atomic E-state index is -1.13. The Morgan fingerprint density at radius 1 is 1.47 bits per heavy atom. The van der Waals surface area contributed by atoms with Crippen LogP contribution in [0.4, 0.5) is 0 Å². The minimum absolute atomic E-state index is 0.481. The molecular formula is C9H15N3O5. The lowest BCUT2D eigenvalue weighted by atomic mass is 10.0. The fourth-order valence-corrected chi connectivity index (χ4v) is 2.13.